The molecular weight excluding hydrogens is 304 g/mol. The van der Waals surface area contributed by atoms with Crippen LogP contribution in [0.5, 0.6) is 0 Å². The van der Waals surface area contributed by atoms with Gasteiger partial charge in [0.1, 0.15) is 24.4 Å². The van der Waals surface area contributed by atoms with Crippen molar-refractivity contribution < 1.29 is 20.4 Å². The molecule has 128 valence electrons. The molecule has 0 aliphatic heterocycles. The van der Waals surface area contributed by atoms with Gasteiger partial charge in [0.2, 0.25) is 0 Å². The van der Waals surface area contributed by atoms with E-state index in [1.807, 2.05) is 38.1 Å². The fraction of sp³-hybridized carbons (Fsp3) is 0.400. The molecule has 4 unspecified atom stereocenters. The van der Waals surface area contributed by atoms with E-state index in [2.05, 4.69) is 0 Å². The van der Waals surface area contributed by atoms with E-state index in [9.17, 15) is 20.4 Å². The van der Waals surface area contributed by atoms with Gasteiger partial charge in [0, 0.05) is 0 Å². The monoisotopic (exact) mass is 328 g/mol. The lowest BCUT2D eigenvalue weighted by atomic mass is 9.82. The third kappa shape index (κ3) is 2.56. The first-order valence-electron chi connectivity index (χ1n) is 8.16. The molecular formula is C20H24O4. The maximum Gasteiger partial charge on any atom is 0.109 e. The van der Waals surface area contributed by atoms with Gasteiger partial charge >= 0.3 is 0 Å². The van der Waals surface area contributed by atoms with Crippen molar-refractivity contribution in [1.82, 2.24) is 0 Å². The lowest BCUT2D eigenvalue weighted by Gasteiger charge is -2.30. The number of rotatable bonds is 0. The number of hydrogen-bond donors (Lipinski definition) is 4. The van der Waals surface area contributed by atoms with Crippen LogP contribution in [0.1, 0.15) is 68.9 Å². The Balaban J connectivity index is 2.35. The van der Waals surface area contributed by atoms with E-state index in [1.54, 1.807) is 13.8 Å². The Hall–Kier alpha value is -1.72. The van der Waals surface area contributed by atoms with Crippen molar-refractivity contribution >= 4 is 0 Å². The van der Waals surface area contributed by atoms with Crippen molar-refractivity contribution in [3.8, 4) is 0 Å². The largest absolute Gasteiger partial charge is 0.385 e. The second-order valence-electron chi connectivity index (χ2n) is 6.92. The topological polar surface area (TPSA) is 80.9 Å². The first kappa shape index (κ1) is 17.1. The summed E-state index contributed by atoms with van der Waals surface area (Å²) in [5, 5.41) is 43.0. The van der Waals surface area contributed by atoms with Gasteiger partial charge in [-0.25, -0.2) is 0 Å². The Labute approximate surface area is 142 Å². The number of benzene rings is 2. The van der Waals surface area contributed by atoms with Crippen LogP contribution in [0.4, 0.5) is 0 Å². The van der Waals surface area contributed by atoms with E-state index < -0.39 is 24.4 Å². The molecule has 4 N–H and O–H groups in total. The van der Waals surface area contributed by atoms with E-state index in [0.29, 0.717) is 33.4 Å². The van der Waals surface area contributed by atoms with Crippen molar-refractivity contribution in [1.29, 1.82) is 0 Å². The van der Waals surface area contributed by atoms with Crippen LogP contribution in [0.3, 0.4) is 0 Å². The molecule has 1 aliphatic rings. The summed E-state index contributed by atoms with van der Waals surface area (Å²) in [5.41, 5.74) is 5.42. The first-order valence-corrected chi connectivity index (χ1v) is 8.16. The van der Waals surface area contributed by atoms with Crippen LogP contribution < -0.4 is 0 Å². The molecule has 4 atom stereocenters. The maximum atomic E-state index is 10.8. The van der Waals surface area contributed by atoms with Crippen LogP contribution in [0.2, 0.25) is 0 Å². The molecule has 0 saturated carbocycles. The fourth-order valence-electron chi connectivity index (χ4n) is 3.74. The van der Waals surface area contributed by atoms with E-state index in [4.69, 9.17) is 0 Å². The lowest BCUT2D eigenvalue weighted by molar-refractivity contribution is 0.00723. The number of aryl methyl sites for hydroxylation is 2. The Kier molecular flexibility index (Phi) is 4.26. The van der Waals surface area contributed by atoms with Crippen LogP contribution in [0, 0.1) is 27.7 Å². The van der Waals surface area contributed by atoms with Crippen molar-refractivity contribution in [3.63, 3.8) is 0 Å². The van der Waals surface area contributed by atoms with Crippen LogP contribution in [-0.4, -0.2) is 20.4 Å². The summed E-state index contributed by atoms with van der Waals surface area (Å²) >= 11 is 0. The van der Waals surface area contributed by atoms with Gasteiger partial charge in [0.05, 0.1) is 0 Å². The molecule has 0 saturated heterocycles. The molecule has 0 amide bonds. The molecule has 0 radical (unpaired) electrons. The number of aliphatic hydroxyl groups excluding tert-OH is 4. The highest BCUT2D eigenvalue weighted by atomic mass is 16.3. The van der Waals surface area contributed by atoms with Gasteiger partial charge in [-0.05, 0) is 61.1 Å². The van der Waals surface area contributed by atoms with Gasteiger partial charge in [-0.15, -0.1) is 0 Å². The molecule has 0 spiro atoms. The van der Waals surface area contributed by atoms with Gasteiger partial charge in [-0.2, -0.15) is 0 Å². The molecule has 2 aromatic rings. The molecule has 4 bridgehead atoms. The lowest BCUT2D eigenvalue weighted by Crippen LogP contribution is -2.21. The summed E-state index contributed by atoms with van der Waals surface area (Å²) in [7, 11) is 0. The zero-order valence-corrected chi connectivity index (χ0v) is 14.4. The predicted molar refractivity (Wildman–Crippen MR) is 91.7 cm³/mol. The Morgan fingerprint density at radius 1 is 0.500 bits per heavy atom. The predicted octanol–water partition coefficient (Wildman–Crippen LogP) is 2.77. The van der Waals surface area contributed by atoms with E-state index >= 15 is 0 Å². The van der Waals surface area contributed by atoms with E-state index in [0.717, 1.165) is 11.1 Å². The minimum Gasteiger partial charge on any atom is -0.385 e. The number of fused-ring (bicyclic) bond motifs is 4. The van der Waals surface area contributed by atoms with Crippen LogP contribution in [0.15, 0.2) is 24.3 Å². The van der Waals surface area contributed by atoms with Gasteiger partial charge in [0.25, 0.3) is 0 Å². The highest BCUT2D eigenvalue weighted by molar-refractivity contribution is 5.47. The summed E-state index contributed by atoms with van der Waals surface area (Å²) < 4.78 is 0. The van der Waals surface area contributed by atoms with Gasteiger partial charge in [-0.3, -0.25) is 0 Å². The van der Waals surface area contributed by atoms with Crippen molar-refractivity contribution in [2.24, 2.45) is 0 Å². The Morgan fingerprint density at radius 3 is 0.917 bits per heavy atom. The second-order valence-corrected chi connectivity index (χ2v) is 6.92. The van der Waals surface area contributed by atoms with Crippen molar-refractivity contribution in [3.05, 3.63) is 68.8 Å². The van der Waals surface area contributed by atoms with Crippen molar-refractivity contribution in [2.75, 3.05) is 0 Å². The summed E-state index contributed by atoms with van der Waals surface area (Å²) in [6.07, 6.45) is -4.39. The van der Waals surface area contributed by atoms with E-state index in [-0.39, 0.29) is 0 Å². The fourth-order valence-corrected chi connectivity index (χ4v) is 3.74. The highest BCUT2D eigenvalue weighted by Gasteiger charge is 2.32. The molecule has 0 aromatic heterocycles. The summed E-state index contributed by atoms with van der Waals surface area (Å²) in [4.78, 5) is 0. The van der Waals surface area contributed by atoms with Crippen LogP contribution in [0.25, 0.3) is 0 Å². The van der Waals surface area contributed by atoms with Gasteiger partial charge < -0.3 is 20.4 Å². The molecule has 2 aromatic carbocycles. The zero-order valence-electron chi connectivity index (χ0n) is 14.4. The number of hydrogen-bond acceptors (Lipinski definition) is 4. The van der Waals surface area contributed by atoms with Crippen molar-refractivity contribution in [2.45, 2.75) is 52.1 Å². The third-order valence-electron chi connectivity index (χ3n) is 5.14. The quantitative estimate of drug-likeness (QED) is 0.599. The maximum absolute atomic E-state index is 10.8. The summed E-state index contributed by atoms with van der Waals surface area (Å²) in [6.45, 7) is 7.32. The second kappa shape index (κ2) is 5.97. The molecule has 1 aliphatic carbocycles. The summed E-state index contributed by atoms with van der Waals surface area (Å²) in [5.74, 6) is 0. The molecule has 4 heteroatoms. The Morgan fingerprint density at radius 2 is 0.708 bits per heavy atom. The van der Waals surface area contributed by atoms with Gasteiger partial charge in [-0.1, -0.05) is 35.4 Å². The average molecular weight is 328 g/mol. The van der Waals surface area contributed by atoms with Gasteiger partial charge in [0.15, 0.2) is 0 Å². The average Bonchev–Trinajstić information content (AvgIpc) is 2.55. The SMILES string of the molecule is Cc1cc2c(C)c(c1)C(O)C(O)c1cc(C)cc(c1C)C(O)C2O. The minimum absolute atomic E-state index is 0.577. The van der Waals surface area contributed by atoms with Crippen LogP contribution in [-0.2, 0) is 0 Å². The first-order chi connectivity index (χ1) is 11.2. The third-order valence-corrected chi connectivity index (χ3v) is 5.14. The van der Waals surface area contributed by atoms with Crippen LogP contribution >= 0.6 is 0 Å². The molecule has 3 rings (SSSR count). The molecule has 0 heterocycles. The number of aliphatic hydroxyl groups is 4. The molecule has 24 heavy (non-hydrogen) atoms. The van der Waals surface area contributed by atoms with E-state index in [1.165, 1.54) is 0 Å². The smallest absolute Gasteiger partial charge is 0.109 e. The standard InChI is InChI=1S/C20H24O4/c1-9-5-13-11(3)14(6-9)18(22)20(24)16-8-10(2)7-15(12(16)4)19(23)17(13)21/h5-8,17-24H,1-4H3. The summed E-state index contributed by atoms with van der Waals surface area (Å²) in [6, 6.07) is 7.28. The Bertz CT molecular complexity index is 671. The zero-order chi connectivity index (χ0) is 17.8. The molecule has 0 fully saturated rings. The minimum atomic E-state index is -1.10. The molecule has 4 nitrogen and oxygen atoms in total. The highest BCUT2D eigenvalue weighted by Crippen LogP contribution is 2.42. The normalized spacial score (nSPS) is 26.3.